The Bertz CT molecular complexity index is 677. The highest BCUT2D eigenvalue weighted by Gasteiger charge is 2.20. The van der Waals surface area contributed by atoms with Crippen LogP contribution in [0.1, 0.15) is 17.8 Å². The second-order valence-electron chi connectivity index (χ2n) is 5.60. The highest BCUT2D eigenvalue weighted by molar-refractivity contribution is 5.34. The van der Waals surface area contributed by atoms with Gasteiger partial charge >= 0.3 is 0 Å². The summed E-state index contributed by atoms with van der Waals surface area (Å²) in [5, 5.41) is 26.3. The lowest BCUT2D eigenvalue weighted by Crippen LogP contribution is -2.42. The molecule has 1 aromatic carbocycles. The van der Waals surface area contributed by atoms with Gasteiger partial charge in [0, 0.05) is 19.0 Å². The Morgan fingerprint density at radius 1 is 1.43 bits per heavy atom. The van der Waals surface area contributed by atoms with Crippen molar-refractivity contribution in [1.82, 2.24) is 20.1 Å². The van der Waals surface area contributed by atoms with E-state index in [1.165, 1.54) is 0 Å². The van der Waals surface area contributed by atoms with E-state index >= 15 is 0 Å². The molecule has 0 radical (unpaired) electrons. The van der Waals surface area contributed by atoms with Gasteiger partial charge in [0.1, 0.15) is 30.6 Å². The van der Waals surface area contributed by atoms with Crippen molar-refractivity contribution in [3.63, 3.8) is 0 Å². The number of ether oxygens (including phenoxy) is 1. The predicted octanol–water partition coefficient (Wildman–Crippen LogP) is 0.494. The summed E-state index contributed by atoms with van der Waals surface area (Å²) in [4.78, 5) is 4.20. The Morgan fingerprint density at radius 3 is 3.04 bits per heavy atom. The van der Waals surface area contributed by atoms with Gasteiger partial charge in [0.25, 0.3) is 0 Å². The van der Waals surface area contributed by atoms with E-state index in [1.807, 2.05) is 4.68 Å². The summed E-state index contributed by atoms with van der Waals surface area (Å²) in [6.45, 7) is 1.45. The zero-order valence-electron chi connectivity index (χ0n) is 12.7. The minimum absolute atomic E-state index is 0.209. The average Bonchev–Trinajstić information content (AvgIpc) is 3.06. The van der Waals surface area contributed by atoms with Gasteiger partial charge in [-0.05, 0) is 30.7 Å². The van der Waals surface area contributed by atoms with Crippen molar-refractivity contribution in [2.24, 2.45) is 0 Å². The van der Waals surface area contributed by atoms with E-state index in [-0.39, 0.29) is 12.6 Å². The number of nitrogens with one attached hydrogen (secondary N) is 1. The number of fused-ring (bicyclic) bond motifs is 1. The Labute approximate surface area is 134 Å². The topological polar surface area (TPSA) is 96.0 Å². The van der Waals surface area contributed by atoms with Crippen LogP contribution >= 0.6 is 0 Å². The minimum Gasteiger partial charge on any atom is -0.491 e. The molecule has 120 valence electrons. The van der Waals surface area contributed by atoms with Crippen LogP contribution in [0.4, 0.5) is 0 Å². The van der Waals surface area contributed by atoms with Crippen LogP contribution in [0.25, 0.3) is 0 Å². The molecule has 0 saturated heterocycles. The van der Waals surface area contributed by atoms with Crippen LogP contribution in [0.5, 0.6) is 5.75 Å². The summed E-state index contributed by atoms with van der Waals surface area (Å²) in [7, 11) is 0. The number of rotatable bonds is 6. The third-order valence-electron chi connectivity index (χ3n) is 3.87. The number of aliphatic hydroxyl groups is 1. The molecular formula is C16H19N5O2. The lowest BCUT2D eigenvalue weighted by Gasteiger charge is -2.24. The van der Waals surface area contributed by atoms with Crippen LogP contribution in [0, 0.1) is 11.3 Å². The van der Waals surface area contributed by atoms with Crippen molar-refractivity contribution < 1.29 is 9.84 Å². The molecule has 2 heterocycles. The number of hydrogen-bond donors (Lipinski definition) is 2. The van der Waals surface area contributed by atoms with Crippen LogP contribution in [0.3, 0.4) is 0 Å². The van der Waals surface area contributed by atoms with Gasteiger partial charge in [-0.25, -0.2) is 9.67 Å². The lowest BCUT2D eigenvalue weighted by molar-refractivity contribution is 0.101. The molecule has 3 rings (SSSR count). The molecule has 1 aromatic heterocycles. The lowest BCUT2D eigenvalue weighted by atomic mass is 10.1. The largest absolute Gasteiger partial charge is 0.491 e. The molecule has 7 nitrogen and oxygen atoms in total. The summed E-state index contributed by atoms with van der Waals surface area (Å²) in [5.41, 5.74) is 0.587. The number of nitrogens with zero attached hydrogens (tertiary/aromatic N) is 4. The molecule has 1 aliphatic heterocycles. The summed E-state index contributed by atoms with van der Waals surface area (Å²) >= 11 is 0. The smallest absolute Gasteiger partial charge is 0.138 e. The zero-order chi connectivity index (χ0) is 16.1. The van der Waals surface area contributed by atoms with E-state index in [9.17, 15) is 5.11 Å². The highest BCUT2D eigenvalue weighted by atomic mass is 16.5. The van der Waals surface area contributed by atoms with Crippen molar-refractivity contribution in [1.29, 1.82) is 5.26 Å². The molecule has 1 aliphatic rings. The van der Waals surface area contributed by atoms with Gasteiger partial charge in [-0.2, -0.15) is 10.4 Å². The molecule has 0 spiro atoms. The Balaban J connectivity index is 1.40. The van der Waals surface area contributed by atoms with Gasteiger partial charge < -0.3 is 15.2 Å². The Hall–Kier alpha value is -2.43. The van der Waals surface area contributed by atoms with Crippen molar-refractivity contribution in [2.45, 2.75) is 31.5 Å². The van der Waals surface area contributed by atoms with E-state index in [4.69, 9.17) is 10.00 Å². The fourth-order valence-corrected chi connectivity index (χ4v) is 2.58. The van der Waals surface area contributed by atoms with Gasteiger partial charge in [-0.1, -0.05) is 0 Å². The van der Waals surface area contributed by atoms with Gasteiger partial charge in [-0.3, -0.25) is 0 Å². The van der Waals surface area contributed by atoms with E-state index in [2.05, 4.69) is 21.5 Å². The number of nitriles is 1. The van der Waals surface area contributed by atoms with E-state index < -0.39 is 6.10 Å². The molecule has 0 amide bonds. The molecule has 0 fully saturated rings. The number of benzene rings is 1. The molecule has 2 atom stereocenters. The highest BCUT2D eigenvalue weighted by Crippen LogP contribution is 2.13. The van der Waals surface area contributed by atoms with Crippen LogP contribution in [0.2, 0.25) is 0 Å². The average molecular weight is 313 g/mol. The van der Waals surface area contributed by atoms with E-state index in [1.54, 1.807) is 30.6 Å². The number of aromatic nitrogens is 3. The maximum atomic E-state index is 10.0. The molecule has 0 aliphatic carbocycles. The summed E-state index contributed by atoms with van der Waals surface area (Å²) < 4.78 is 7.43. The van der Waals surface area contributed by atoms with Crippen molar-refractivity contribution in [3.8, 4) is 11.8 Å². The quantitative estimate of drug-likeness (QED) is 0.806. The monoisotopic (exact) mass is 313 g/mol. The maximum absolute atomic E-state index is 10.0. The van der Waals surface area contributed by atoms with Gasteiger partial charge in [0.05, 0.1) is 18.2 Å². The van der Waals surface area contributed by atoms with Gasteiger partial charge in [-0.15, -0.1) is 0 Å². The van der Waals surface area contributed by atoms with E-state index in [0.717, 1.165) is 25.2 Å². The fourth-order valence-electron chi connectivity index (χ4n) is 2.58. The van der Waals surface area contributed by atoms with Crippen LogP contribution in [0.15, 0.2) is 30.6 Å². The third kappa shape index (κ3) is 4.06. The second kappa shape index (κ2) is 7.22. The third-order valence-corrected chi connectivity index (χ3v) is 3.87. The molecule has 0 unspecified atom stereocenters. The molecule has 0 bridgehead atoms. The van der Waals surface area contributed by atoms with Crippen molar-refractivity contribution >= 4 is 0 Å². The molecule has 2 aromatic rings. The fraction of sp³-hybridized carbons (Fsp3) is 0.438. The Kier molecular flexibility index (Phi) is 4.86. The van der Waals surface area contributed by atoms with Crippen molar-refractivity contribution in [3.05, 3.63) is 42.0 Å². The molecular weight excluding hydrogens is 294 g/mol. The van der Waals surface area contributed by atoms with E-state index in [0.29, 0.717) is 17.9 Å². The Morgan fingerprint density at radius 2 is 2.26 bits per heavy atom. The first-order valence-corrected chi connectivity index (χ1v) is 7.65. The summed E-state index contributed by atoms with van der Waals surface area (Å²) in [5.74, 6) is 1.67. The van der Waals surface area contributed by atoms with Gasteiger partial charge in [0.15, 0.2) is 0 Å². The molecule has 7 heteroatoms. The van der Waals surface area contributed by atoms with Crippen LogP contribution < -0.4 is 10.1 Å². The first-order chi connectivity index (χ1) is 11.2. The van der Waals surface area contributed by atoms with Gasteiger partial charge in [0.2, 0.25) is 0 Å². The summed E-state index contributed by atoms with van der Waals surface area (Å²) in [6, 6.07) is 9.18. The SMILES string of the molecule is N#Cc1ccc(OC[C@@H](O)CN[C@@H]2CCc3ncnn3C2)cc1. The molecule has 23 heavy (non-hydrogen) atoms. The predicted molar refractivity (Wildman–Crippen MR) is 82.8 cm³/mol. The minimum atomic E-state index is -0.595. The maximum Gasteiger partial charge on any atom is 0.138 e. The number of hydrogen-bond acceptors (Lipinski definition) is 6. The molecule has 0 saturated carbocycles. The summed E-state index contributed by atoms with van der Waals surface area (Å²) in [6.07, 6.45) is 2.87. The second-order valence-corrected chi connectivity index (χ2v) is 5.60. The number of aliphatic hydroxyl groups excluding tert-OH is 1. The molecule has 2 N–H and O–H groups in total. The van der Waals surface area contributed by atoms with Crippen molar-refractivity contribution in [2.75, 3.05) is 13.2 Å². The normalized spacial score (nSPS) is 18.0. The standard InChI is InChI=1S/C16H19N5O2/c17-7-12-1-4-15(5-2-12)23-10-14(22)8-18-13-3-6-16-19-11-20-21(16)9-13/h1-2,4-5,11,13-14,18,22H,3,6,8-10H2/t13-,14+/m1/s1. The first-order valence-electron chi connectivity index (χ1n) is 7.65. The zero-order valence-corrected chi connectivity index (χ0v) is 12.7. The number of aryl methyl sites for hydroxylation is 1. The first kappa shape index (κ1) is 15.5. The van der Waals surface area contributed by atoms with Crippen LogP contribution in [-0.4, -0.2) is 45.2 Å². The van der Waals surface area contributed by atoms with Crippen LogP contribution in [-0.2, 0) is 13.0 Å².